The van der Waals surface area contributed by atoms with Crippen molar-refractivity contribution in [2.75, 3.05) is 33.4 Å². The van der Waals surface area contributed by atoms with Gasteiger partial charge in [0, 0.05) is 42.3 Å². The van der Waals surface area contributed by atoms with E-state index >= 15 is 0 Å². The van der Waals surface area contributed by atoms with Crippen molar-refractivity contribution in [2.45, 2.75) is 6.42 Å². The van der Waals surface area contributed by atoms with Crippen LogP contribution < -0.4 is 10.6 Å². The van der Waals surface area contributed by atoms with Crippen LogP contribution in [-0.4, -0.2) is 44.2 Å². The fourth-order valence-electron chi connectivity index (χ4n) is 2.13. The lowest BCUT2D eigenvalue weighted by atomic mass is 10.1. The molecule has 0 unspecified atom stereocenters. The summed E-state index contributed by atoms with van der Waals surface area (Å²) in [6.45, 7) is 2.18. The van der Waals surface area contributed by atoms with Gasteiger partial charge >= 0.3 is 0 Å². The Morgan fingerprint density at radius 1 is 1.36 bits per heavy atom. The van der Waals surface area contributed by atoms with Gasteiger partial charge in [-0.25, -0.2) is 0 Å². The number of hydrogen-bond donors (Lipinski definition) is 3. The first kappa shape index (κ1) is 18.8. The summed E-state index contributed by atoms with van der Waals surface area (Å²) in [5.41, 5.74) is 2.21. The van der Waals surface area contributed by atoms with Gasteiger partial charge in [-0.2, -0.15) is 0 Å². The summed E-state index contributed by atoms with van der Waals surface area (Å²) < 4.78 is 4.90. The Kier molecular flexibility index (Phi) is 8.27. The van der Waals surface area contributed by atoms with E-state index in [1.807, 2.05) is 24.4 Å². The molecular weight excluding hydrogens is 325 g/mol. The molecule has 0 saturated heterocycles. The van der Waals surface area contributed by atoms with E-state index in [0.29, 0.717) is 26.2 Å². The van der Waals surface area contributed by atoms with Crippen LogP contribution >= 0.6 is 24.0 Å². The predicted molar refractivity (Wildman–Crippen MR) is 92.0 cm³/mol. The first-order chi connectivity index (χ1) is 10.2. The fraction of sp³-hybridized carbons (Fsp3) is 0.400. The molecule has 0 aliphatic carbocycles. The number of amides is 1. The van der Waals surface area contributed by atoms with Crippen LogP contribution in [0.4, 0.5) is 0 Å². The number of H-pyrrole nitrogens is 1. The number of ether oxygens (including phenoxy) is 1. The van der Waals surface area contributed by atoms with Gasteiger partial charge in [-0.15, -0.1) is 12.4 Å². The quantitative estimate of drug-likeness (QED) is 0.642. The summed E-state index contributed by atoms with van der Waals surface area (Å²) in [5.74, 6) is -0.0102. The molecule has 2 aromatic rings. The van der Waals surface area contributed by atoms with Crippen LogP contribution in [-0.2, 0) is 16.0 Å². The van der Waals surface area contributed by atoms with Crippen molar-refractivity contribution in [1.82, 2.24) is 15.6 Å². The summed E-state index contributed by atoms with van der Waals surface area (Å²) in [5, 5.41) is 7.72. The Bertz CT molecular complexity index is 601. The van der Waals surface area contributed by atoms with Gasteiger partial charge in [0.25, 0.3) is 0 Å². The molecule has 0 spiro atoms. The molecule has 1 aromatic carbocycles. The second kappa shape index (κ2) is 9.69. The molecule has 2 rings (SSSR count). The molecule has 1 heterocycles. The van der Waals surface area contributed by atoms with E-state index in [0.717, 1.165) is 27.9 Å². The summed E-state index contributed by atoms with van der Waals surface area (Å²) in [7, 11) is 1.63. The number of fused-ring (bicyclic) bond motifs is 1. The second-order valence-corrected chi connectivity index (χ2v) is 5.21. The van der Waals surface area contributed by atoms with E-state index in [2.05, 4.69) is 15.6 Å². The summed E-state index contributed by atoms with van der Waals surface area (Å²) in [4.78, 5) is 14.8. The fourth-order valence-corrected chi connectivity index (χ4v) is 2.30. The van der Waals surface area contributed by atoms with Crippen LogP contribution in [0.25, 0.3) is 10.9 Å². The number of nitrogens with one attached hydrogen (secondary N) is 3. The van der Waals surface area contributed by atoms with Gasteiger partial charge in [0.05, 0.1) is 13.2 Å². The molecule has 0 aliphatic rings. The second-order valence-electron chi connectivity index (χ2n) is 4.77. The van der Waals surface area contributed by atoms with Crippen LogP contribution in [0, 0.1) is 0 Å². The number of aromatic nitrogens is 1. The third-order valence-corrected chi connectivity index (χ3v) is 3.45. The lowest BCUT2D eigenvalue weighted by Gasteiger charge is -2.06. The molecule has 122 valence electrons. The van der Waals surface area contributed by atoms with Crippen molar-refractivity contribution < 1.29 is 9.53 Å². The zero-order chi connectivity index (χ0) is 15.1. The monoisotopic (exact) mass is 345 g/mol. The third-order valence-electron chi connectivity index (χ3n) is 3.21. The number of methoxy groups -OCH3 is 1. The molecule has 0 saturated carbocycles. The highest BCUT2D eigenvalue weighted by atomic mass is 35.5. The number of benzene rings is 1. The number of halogens is 2. The minimum Gasteiger partial charge on any atom is -0.383 e. The number of carbonyl (C=O) groups excluding carboxylic acids is 1. The summed E-state index contributed by atoms with van der Waals surface area (Å²) in [6.07, 6.45) is 2.73. The number of aromatic amines is 1. The molecule has 5 nitrogen and oxygen atoms in total. The third kappa shape index (κ3) is 5.50. The smallest absolute Gasteiger partial charge is 0.233 e. The average molecular weight is 346 g/mol. The maximum Gasteiger partial charge on any atom is 0.233 e. The minimum absolute atomic E-state index is 0. The number of hydrogen-bond acceptors (Lipinski definition) is 3. The average Bonchev–Trinajstić information content (AvgIpc) is 2.86. The molecule has 0 radical (unpaired) electrons. The van der Waals surface area contributed by atoms with Crippen molar-refractivity contribution in [3.8, 4) is 0 Å². The van der Waals surface area contributed by atoms with E-state index < -0.39 is 0 Å². The van der Waals surface area contributed by atoms with Crippen molar-refractivity contribution in [3.05, 3.63) is 35.0 Å². The molecular formula is C15H21Cl2N3O2. The van der Waals surface area contributed by atoms with Crippen LogP contribution in [0.2, 0.25) is 5.02 Å². The normalized spacial score (nSPS) is 10.5. The standard InChI is InChI=1S/C15H20ClN3O2.ClH/c1-21-7-6-17-10-15(20)18-5-4-11-9-19-14-3-2-12(16)8-13(11)14;/h2-3,8-9,17,19H,4-7,10H2,1H3,(H,18,20);1H. The van der Waals surface area contributed by atoms with Crippen molar-refractivity contribution >= 4 is 40.8 Å². The van der Waals surface area contributed by atoms with Gasteiger partial charge in [-0.3, -0.25) is 4.79 Å². The first-order valence-corrected chi connectivity index (χ1v) is 7.30. The highest BCUT2D eigenvalue weighted by Crippen LogP contribution is 2.22. The molecule has 0 bridgehead atoms. The van der Waals surface area contributed by atoms with E-state index in [-0.39, 0.29) is 18.3 Å². The molecule has 22 heavy (non-hydrogen) atoms. The summed E-state index contributed by atoms with van der Waals surface area (Å²) in [6, 6.07) is 5.76. The molecule has 0 fully saturated rings. The SMILES string of the molecule is COCCNCC(=O)NCCc1c[nH]c2ccc(Cl)cc12.Cl. The molecule has 1 amide bonds. The van der Waals surface area contributed by atoms with Gasteiger partial charge in [0.1, 0.15) is 0 Å². The first-order valence-electron chi connectivity index (χ1n) is 6.92. The largest absolute Gasteiger partial charge is 0.383 e. The van der Waals surface area contributed by atoms with Crippen LogP contribution in [0.15, 0.2) is 24.4 Å². The van der Waals surface area contributed by atoms with Crippen LogP contribution in [0.1, 0.15) is 5.56 Å². The molecule has 1 aromatic heterocycles. The lowest BCUT2D eigenvalue weighted by molar-refractivity contribution is -0.120. The van der Waals surface area contributed by atoms with Gasteiger partial charge < -0.3 is 20.4 Å². The summed E-state index contributed by atoms with van der Waals surface area (Å²) >= 11 is 6.01. The highest BCUT2D eigenvalue weighted by Gasteiger charge is 2.05. The Morgan fingerprint density at radius 2 is 2.18 bits per heavy atom. The van der Waals surface area contributed by atoms with Gasteiger partial charge in [-0.1, -0.05) is 11.6 Å². The maximum atomic E-state index is 11.6. The number of rotatable bonds is 8. The van der Waals surface area contributed by atoms with Crippen molar-refractivity contribution in [3.63, 3.8) is 0 Å². The van der Waals surface area contributed by atoms with Crippen molar-refractivity contribution in [2.24, 2.45) is 0 Å². The van der Waals surface area contributed by atoms with Crippen LogP contribution in [0.5, 0.6) is 0 Å². The van der Waals surface area contributed by atoms with Gasteiger partial charge in [0.15, 0.2) is 0 Å². The van der Waals surface area contributed by atoms with E-state index in [9.17, 15) is 4.79 Å². The predicted octanol–water partition coefficient (Wildman–Crippen LogP) is 2.14. The lowest BCUT2D eigenvalue weighted by Crippen LogP contribution is -2.36. The molecule has 0 aliphatic heterocycles. The van der Waals surface area contributed by atoms with Gasteiger partial charge in [0.2, 0.25) is 5.91 Å². The van der Waals surface area contributed by atoms with Gasteiger partial charge in [-0.05, 0) is 30.2 Å². The minimum atomic E-state index is -0.0102. The zero-order valence-electron chi connectivity index (χ0n) is 12.4. The van der Waals surface area contributed by atoms with Crippen LogP contribution in [0.3, 0.4) is 0 Å². The maximum absolute atomic E-state index is 11.6. The van der Waals surface area contributed by atoms with E-state index in [4.69, 9.17) is 16.3 Å². The topological polar surface area (TPSA) is 66.2 Å². The Labute approximate surface area is 141 Å². The molecule has 0 atom stereocenters. The Morgan fingerprint density at radius 3 is 2.95 bits per heavy atom. The van der Waals surface area contributed by atoms with E-state index in [1.54, 1.807) is 7.11 Å². The highest BCUT2D eigenvalue weighted by molar-refractivity contribution is 6.31. The molecule has 7 heteroatoms. The zero-order valence-corrected chi connectivity index (χ0v) is 14.0. The Balaban J connectivity index is 0.00000242. The molecule has 3 N–H and O–H groups in total. The van der Waals surface area contributed by atoms with Crippen molar-refractivity contribution in [1.29, 1.82) is 0 Å². The Hall–Kier alpha value is -1.27. The van der Waals surface area contributed by atoms with E-state index in [1.165, 1.54) is 0 Å². The number of carbonyl (C=O) groups is 1.